The van der Waals surface area contributed by atoms with Crippen molar-refractivity contribution in [2.75, 3.05) is 21.1 Å². The number of aliphatic imine (C=N–C) groups is 1. The molecule has 2 nitrogen and oxygen atoms in total. The molecule has 0 N–H and O–H groups in total. The van der Waals surface area contributed by atoms with Gasteiger partial charge in [0.2, 0.25) is 0 Å². The predicted molar refractivity (Wildman–Crippen MR) is 46.4 cm³/mol. The standard InChI is InChI=1S/C8H14N2/c1-5-6-7-8(9-2)10(3)4/h5-7H,1H2,2-4H3/b7-6-,9-8?. The SMILES string of the molecule is C=C/C=C\C(=NC)N(C)C. The van der Waals surface area contributed by atoms with Gasteiger partial charge in [0.15, 0.2) is 0 Å². The highest BCUT2D eigenvalue weighted by molar-refractivity contribution is 5.92. The molecule has 0 heterocycles. The molecule has 0 aliphatic carbocycles. The number of nitrogens with zero attached hydrogens (tertiary/aromatic N) is 2. The van der Waals surface area contributed by atoms with Crippen molar-refractivity contribution in [3.8, 4) is 0 Å². The maximum Gasteiger partial charge on any atom is 0.122 e. The van der Waals surface area contributed by atoms with Gasteiger partial charge in [-0.05, 0) is 6.08 Å². The van der Waals surface area contributed by atoms with Gasteiger partial charge in [-0.15, -0.1) is 0 Å². The van der Waals surface area contributed by atoms with Gasteiger partial charge in [0.1, 0.15) is 5.84 Å². The lowest BCUT2D eigenvalue weighted by Gasteiger charge is -2.10. The van der Waals surface area contributed by atoms with Crippen molar-refractivity contribution in [2.45, 2.75) is 0 Å². The van der Waals surface area contributed by atoms with Gasteiger partial charge in [-0.3, -0.25) is 4.99 Å². The number of allylic oxidation sites excluding steroid dienone is 2. The quantitative estimate of drug-likeness (QED) is 0.319. The molecule has 0 saturated carbocycles. The minimum atomic E-state index is 0.944. The van der Waals surface area contributed by atoms with Crippen LogP contribution >= 0.6 is 0 Å². The topological polar surface area (TPSA) is 15.6 Å². The van der Waals surface area contributed by atoms with E-state index >= 15 is 0 Å². The van der Waals surface area contributed by atoms with Crippen LogP contribution in [0.2, 0.25) is 0 Å². The molecule has 0 amide bonds. The van der Waals surface area contributed by atoms with Crippen LogP contribution in [-0.4, -0.2) is 31.9 Å². The molecule has 0 aromatic rings. The van der Waals surface area contributed by atoms with Gasteiger partial charge in [0.25, 0.3) is 0 Å². The summed E-state index contributed by atoms with van der Waals surface area (Å²) < 4.78 is 0. The van der Waals surface area contributed by atoms with E-state index in [9.17, 15) is 0 Å². The second-order valence-corrected chi connectivity index (χ2v) is 2.07. The molecule has 0 aromatic carbocycles. The van der Waals surface area contributed by atoms with Crippen molar-refractivity contribution < 1.29 is 0 Å². The van der Waals surface area contributed by atoms with Crippen LogP contribution in [0.3, 0.4) is 0 Å². The highest BCUT2D eigenvalue weighted by Gasteiger charge is 1.90. The lowest BCUT2D eigenvalue weighted by molar-refractivity contribution is 0.625. The van der Waals surface area contributed by atoms with E-state index in [0.717, 1.165) is 5.84 Å². The fourth-order valence-corrected chi connectivity index (χ4v) is 0.578. The zero-order valence-corrected chi connectivity index (χ0v) is 6.83. The molecule has 56 valence electrons. The Morgan fingerprint density at radius 1 is 1.50 bits per heavy atom. The summed E-state index contributed by atoms with van der Waals surface area (Å²) in [7, 11) is 5.67. The number of rotatable bonds is 2. The van der Waals surface area contributed by atoms with Crippen LogP contribution in [0.5, 0.6) is 0 Å². The highest BCUT2D eigenvalue weighted by Crippen LogP contribution is 1.85. The van der Waals surface area contributed by atoms with E-state index in [1.165, 1.54) is 0 Å². The number of amidine groups is 1. The monoisotopic (exact) mass is 138 g/mol. The first-order valence-electron chi connectivity index (χ1n) is 3.15. The van der Waals surface area contributed by atoms with Crippen LogP contribution in [0, 0.1) is 0 Å². The average Bonchev–Trinajstić information content (AvgIpc) is 1.89. The molecule has 0 aliphatic rings. The Labute approximate surface area is 62.6 Å². The molecule has 0 radical (unpaired) electrons. The molecule has 0 unspecified atom stereocenters. The van der Waals surface area contributed by atoms with Crippen molar-refractivity contribution in [1.29, 1.82) is 0 Å². The predicted octanol–water partition coefficient (Wildman–Crippen LogP) is 1.32. The van der Waals surface area contributed by atoms with Gasteiger partial charge in [0, 0.05) is 21.1 Å². The zero-order chi connectivity index (χ0) is 7.98. The number of likely N-dealkylation sites (N-methyl/N-ethyl adjacent to an activating group) is 1. The van der Waals surface area contributed by atoms with Crippen molar-refractivity contribution >= 4 is 5.84 Å². The molecule has 0 aliphatic heterocycles. The molecule has 0 fully saturated rings. The third-order valence-corrected chi connectivity index (χ3v) is 1.07. The Bertz CT molecular complexity index is 155. The summed E-state index contributed by atoms with van der Waals surface area (Å²) in [5.41, 5.74) is 0. The normalized spacial score (nSPS) is 12.1. The molecule has 0 rings (SSSR count). The minimum absolute atomic E-state index is 0.944. The van der Waals surface area contributed by atoms with Crippen molar-refractivity contribution in [3.63, 3.8) is 0 Å². The molecular formula is C8H14N2. The molecular weight excluding hydrogens is 124 g/mol. The first-order valence-corrected chi connectivity index (χ1v) is 3.15. The van der Waals surface area contributed by atoms with Crippen LogP contribution < -0.4 is 0 Å². The van der Waals surface area contributed by atoms with Crippen LogP contribution in [0.4, 0.5) is 0 Å². The lowest BCUT2D eigenvalue weighted by Crippen LogP contribution is -2.19. The first-order chi connectivity index (χ1) is 4.72. The van der Waals surface area contributed by atoms with E-state index in [1.54, 1.807) is 13.1 Å². The molecule has 10 heavy (non-hydrogen) atoms. The zero-order valence-electron chi connectivity index (χ0n) is 6.83. The van der Waals surface area contributed by atoms with E-state index < -0.39 is 0 Å². The van der Waals surface area contributed by atoms with Gasteiger partial charge in [0.05, 0.1) is 0 Å². The van der Waals surface area contributed by atoms with E-state index in [-0.39, 0.29) is 0 Å². The van der Waals surface area contributed by atoms with E-state index in [1.807, 2.05) is 31.1 Å². The maximum atomic E-state index is 4.03. The Kier molecular flexibility index (Phi) is 4.29. The van der Waals surface area contributed by atoms with Gasteiger partial charge in [-0.25, -0.2) is 0 Å². The molecule has 0 spiro atoms. The summed E-state index contributed by atoms with van der Waals surface area (Å²) in [6, 6.07) is 0. The molecule has 0 saturated heterocycles. The Hall–Kier alpha value is -1.05. The molecule has 0 atom stereocenters. The van der Waals surface area contributed by atoms with Crippen LogP contribution in [-0.2, 0) is 0 Å². The Morgan fingerprint density at radius 3 is 2.40 bits per heavy atom. The van der Waals surface area contributed by atoms with Gasteiger partial charge in [-0.2, -0.15) is 0 Å². The van der Waals surface area contributed by atoms with E-state index in [4.69, 9.17) is 0 Å². The second kappa shape index (κ2) is 4.79. The number of hydrogen-bond acceptors (Lipinski definition) is 1. The highest BCUT2D eigenvalue weighted by atomic mass is 15.1. The third-order valence-electron chi connectivity index (χ3n) is 1.07. The second-order valence-electron chi connectivity index (χ2n) is 2.07. The Balaban J connectivity index is 4.10. The largest absolute Gasteiger partial charge is 0.363 e. The molecule has 2 heteroatoms. The Morgan fingerprint density at radius 2 is 2.10 bits per heavy atom. The fourth-order valence-electron chi connectivity index (χ4n) is 0.578. The van der Waals surface area contributed by atoms with Crippen molar-refractivity contribution in [3.05, 3.63) is 24.8 Å². The van der Waals surface area contributed by atoms with Crippen molar-refractivity contribution in [1.82, 2.24) is 4.90 Å². The van der Waals surface area contributed by atoms with E-state index in [2.05, 4.69) is 11.6 Å². The van der Waals surface area contributed by atoms with E-state index in [0.29, 0.717) is 0 Å². The van der Waals surface area contributed by atoms with Crippen LogP contribution in [0.25, 0.3) is 0 Å². The fraction of sp³-hybridized carbons (Fsp3) is 0.375. The first kappa shape index (κ1) is 8.95. The summed E-state index contributed by atoms with van der Waals surface area (Å²) in [4.78, 5) is 5.98. The smallest absolute Gasteiger partial charge is 0.122 e. The van der Waals surface area contributed by atoms with Crippen LogP contribution in [0.15, 0.2) is 29.8 Å². The van der Waals surface area contributed by atoms with Gasteiger partial charge in [-0.1, -0.05) is 18.7 Å². The van der Waals surface area contributed by atoms with Crippen molar-refractivity contribution in [2.24, 2.45) is 4.99 Å². The van der Waals surface area contributed by atoms with Gasteiger partial charge >= 0.3 is 0 Å². The van der Waals surface area contributed by atoms with Crippen LogP contribution in [0.1, 0.15) is 0 Å². The number of hydrogen-bond donors (Lipinski definition) is 0. The maximum absolute atomic E-state index is 4.03. The lowest BCUT2D eigenvalue weighted by atomic mass is 10.4. The summed E-state index contributed by atoms with van der Waals surface area (Å²) in [5, 5.41) is 0. The molecule has 0 bridgehead atoms. The molecule has 0 aromatic heterocycles. The summed E-state index contributed by atoms with van der Waals surface area (Å²) in [6.07, 6.45) is 5.50. The summed E-state index contributed by atoms with van der Waals surface area (Å²) in [5.74, 6) is 0.944. The summed E-state index contributed by atoms with van der Waals surface area (Å²) in [6.45, 7) is 3.57. The van der Waals surface area contributed by atoms with Gasteiger partial charge < -0.3 is 4.90 Å². The average molecular weight is 138 g/mol. The third kappa shape index (κ3) is 3.07. The minimum Gasteiger partial charge on any atom is -0.363 e. The summed E-state index contributed by atoms with van der Waals surface area (Å²) >= 11 is 0.